The average molecular weight is 770 g/mol. The molecule has 5 aromatic carbocycles. The van der Waals surface area contributed by atoms with Crippen LogP contribution in [0.3, 0.4) is 0 Å². The zero-order valence-corrected chi connectivity index (χ0v) is 32.3. The summed E-state index contributed by atoms with van der Waals surface area (Å²) in [5.41, 5.74) is 12.2. The second-order valence-corrected chi connectivity index (χ2v) is 14.9. The fraction of sp³-hybridized carbons (Fsp3) is 0.217. The summed E-state index contributed by atoms with van der Waals surface area (Å²) in [6, 6.07) is 35.4. The molecule has 0 radical (unpaired) electrons. The molecule has 2 aliphatic rings. The summed E-state index contributed by atoms with van der Waals surface area (Å²) in [6.45, 7) is 7.07. The quantitative estimate of drug-likeness (QED) is 0.136. The predicted octanol–water partition coefficient (Wildman–Crippen LogP) is 7.04. The molecule has 1 amide bonds. The highest BCUT2D eigenvalue weighted by Crippen LogP contribution is 2.35. The molecule has 12 heteroatoms. The lowest BCUT2D eigenvalue weighted by molar-refractivity contribution is 0.0940. The van der Waals surface area contributed by atoms with E-state index in [4.69, 9.17) is 25.9 Å². The molecule has 58 heavy (non-hydrogen) atoms. The third-order valence-electron chi connectivity index (χ3n) is 10.6. The minimum atomic E-state index is -0.193. The van der Waals surface area contributed by atoms with Crippen LogP contribution >= 0.6 is 0 Å². The van der Waals surface area contributed by atoms with Crippen molar-refractivity contribution >= 4 is 39.3 Å². The number of nitrogens with zero attached hydrogens (tertiary/aromatic N) is 7. The van der Waals surface area contributed by atoms with Gasteiger partial charge >= 0.3 is 0 Å². The number of carbonyl (C=O) groups excluding carboxylic acids is 1. The SMILES string of the molecule is Cc1ccc2c(N3CC[C@@H](N)C3)nc(-c3ccccc3O)nc2c1.Cc1ccc2c(N3CC[C@@H](NC(=O)c4cccc(C#N)c4)C3)nc(-c3ccccc3O)nc2c1. The number of para-hydroxylation sites is 2. The first-order valence-corrected chi connectivity index (χ1v) is 19.3. The molecule has 2 fully saturated rings. The van der Waals surface area contributed by atoms with Crippen LogP contribution < -0.4 is 20.9 Å². The largest absolute Gasteiger partial charge is 0.507 e. The predicted molar refractivity (Wildman–Crippen MR) is 227 cm³/mol. The van der Waals surface area contributed by atoms with E-state index in [1.54, 1.807) is 54.6 Å². The number of aromatic hydroxyl groups is 2. The minimum Gasteiger partial charge on any atom is -0.507 e. The Morgan fingerprint density at radius 1 is 0.707 bits per heavy atom. The summed E-state index contributed by atoms with van der Waals surface area (Å²) in [7, 11) is 0. The van der Waals surface area contributed by atoms with Gasteiger partial charge in [0.15, 0.2) is 11.6 Å². The number of anilines is 2. The first-order valence-electron chi connectivity index (χ1n) is 19.3. The molecule has 0 spiro atoms. The van der Waals surface area contributed by atoms with Crippen molar-refractivity contribution in [3.63, 3.8) is 0 Å². The van der Waals surface area contributed by atoms with Crippen LogP contribution in [0.5, 0.6) is 11.5 Å². The van der Waals surface area contributed by atoms with E-state index in [0.717, 1.165) is 77.0 Å². The van der Waals surface area contributed by atoms with E-state index in [0.29, 0.717) is 40.4 Å². The Morgan fingerprint density at radius 3 is 1.79 bits per heavy atom. The van der Waals surface area contributed by atoms with Gasteiger partial charge in [0.05, 0.1) is 33.8 Å². The Kier molecular flexibility index (Phi) is 10.5. The molecule has 290 valence electrons. The number of nitrogens with two attached hydrogens (primary N) is 1. The number of aromatic nitrogens is 4. The van der Waals surface area contributed by atoms with Gasteiger partial charge in [0.25, 0.3) is 5.91 Å². The van der Waals surface area contributed by atoms with Crippen LogP contribution in [-0.4, -0.2) is 74.3 Å². The van der Waals surface area contributed by atoms with Gasteiger partial charge in [-0.2, -0.15) is 5.26 Å². The van der Waals surface area contributed by atoms with Gasteiger partial charge in [0, 0.05) is 54.6 Å². The summed E-state index contributed by atoms with van der Waals surface area (Å²) in [4.78, 5) is 36.2. The number of amides is 1. The Hall–Kier alpha value is -7.10. The van der Waals surface area contributed by atoms with Gasteiger partial charge < -0.3 is 31.1 Å². The molecular weight excluding hydrogens is 727 g/mol. The molecular formula is C46H43N9O3. The highest BCUT2D eigenvalue weighted by atomic mass is 16.3. The molecule has 5 N–H and O–H groups in total. The van der Waals surface area contributed by atoms with Crippen LogP contribution in [0, 0.1) is 25.2 Å². The highest BCUT2D eigenvalue weighted by Gasteiger charge is 2.28. The van der Waals surface area contributed by atoms with E-state index in [2.05, 4.69) is 44.4 Å². The highest BCUT2D eigenvalue weighted by molar-refractivity contribution is 5.95. The normalized spacial score (nSPS) is 16.2. The summed E-state index contributed by atoms with van der Waals surface area (Å²) in [6.07, 6.45) is 1.73. The molecule has 0 bridgehead atoms. The van der Waals surface area contributed by atoms with Crippen LogP contribution in [0.4, 0.5) is 11.6 Å². The summed E-state index contributed by atoms with van der Waals surface area (Å²) < 4.78 is 0. The third-order valence-corrected chi connectivity index (χ3v) is 10.6. The maximum absolute atomic E-state index is 12.7. The molecule has 9 rings (SSSR count). The van der Waals surface area contributed by atoms with Crippen LogP contribution in [0.1, 0.15) is 39.9 Å². The topological polar surface area (TPSA) is 177 Å². The molecule has 4 heterocycles. The van der Waals surface area contributed by atoms with Gasteiger partial charge in [-0.05, 0) is 105 Å². The molecule has 2 aliphatic heterocycles. The maximum atomic E-state index is 12.7. The molecule has 0 unspecified atom stereocenters. The van der Waals surface area contributed by atoms with Crippen LogP contribution in [0.25, 0.3) is 44.6 Å². The summed E-state index contributed by atoms with van der Waals surface area (Å²) in [5, 5.41) is 34.7. The van der Waals surface area contributed by atoms with Crippen molar-refractivity contribution < 1.29 is 15.0 Å². The second-order valence-electron chi connectivity index (χ2n) is 14.9. The molecule has 2 saturated heterocycles. The molecule has 2 atom stereocenters. The van der Waals surface area contributed by atoms with Crippen LogP contribution in [-0.2, 0) is 0 Å². The number of phenols is 2. The van der Waals surface area contributed by atoms with Gasteiger partial charge in [-0.25, -0.2) is 19.9 Å². The molecule has 0 saturated carbocycles. The lowest BCUT2D eigenvalue weighted by Gasteiger charge is -2.21. The molecule has 12 nitrogen and oxygen atoms in total. The third kappa shape index (κ3) is 7.94. The van der Waals surface area contributed by atoms with Crippen molar-refractivity contribution in [2.45, 2.75) is 38.8 Å². The van der Waals surface area contributed by atoms with Crippen molar-refractivity contribution in [1.29, 1.82) is 5.26 Å². The Morgan fingerprint density at radius 2 is 1.26 bits per heavy atom. The van der Waals surface area contributed by atoms with Crippen molar-refractivity contribution in [2.24, 2.45) is 5.73 Å². The summed E-state index contributed by atoms with van der Waals surface area (Å²) in [5.74, 6) is 2.81. The smallest absolute Gasteiger partial charge is 0.251 e. The lowest BCUT2D eigenvalue weighted by atomic mass is 10.1. The zero-order chi connectivity index (χ0) is 40.3. The number of rotatable bonds is 6. The zero-order valence-electron chi connectivity index (χ0n) is 32.3. The minimum absolute atomic E-state index is 0.0534. The number of aryl methyl sites for hydroxylation is 2. The maximum Gasteiger partial charge on any atom is 0.251 e. The Balaban J connectivity index is 0.000000172. The van der Waals surface area contributed by atoms with Gasteiger partial charge in [0.2, 0.25) is 0 Å². The van der Waals surface area contributed by atoms with E-state index >= 15 is 0 Å². The second kappa shape index (κ2) is 16.2. The van der Waals surface area contributed by atoms with E-state index in [-0.39, 0.29) is 29.5 Å². The number of hydrogen-bond donors (Lipinski definition) is 4. The fourth-order valence-electron chi connectivity index (χ4n) is 7.54. The van der Waals surface area contributed by atoms with Crippen molar-refractivity contribution in [2.75, 3.05) is 36.0 Å². The Labute approximate surface area is 336 Å². The van der Waals surface area contributed by atoms with E-state index < -0.39 is 0 Å². The number of fused-ring (bicyclic) bond motifs is 2. The number of benzene rings is 5. The van der Waals surface area contributed by atoms with Crippen molar-refractivity contribution in [3.05, 3.63) is 131 Å². The fourth-order valence-corrected chi connectivity index (χ4v) is 7.54. The average Bonchev–Trinajstić information content (AvgIpc) is 3.89. The number of nitrogens with one attached hydrogen (secondary N) is 1. The lowest BCUT2D eigenvalue weighted by Crippen LogP contribution is -2.37. The van der Waals surface area contributed by atoms with Crippen LogP contribution in [0.15, 0.2) is 109 Å². The molecule has 0 aliphatic carbocycles. The van der Waals surface area contributed by atoms with Gasteiger partial charge in [0.1, 0.15) is 23.1 Å². The number of phenolic OH excluding ortho intramolecular Hbond substituents is 2. The first-order chi connectivity index (χ1) is 28.1. The van der Waals surface area contributed by atoms with Gasteiger partial charge in [-0.15, -0.1) is 0 Å². The molecule has 2 aromatic heterocycles. The van der Waals surface area contributed by atoms with Crippen molar-refractivity contribution in [3.8, 4) is 40.3 Å². The van der Waals surface area contributed by atoms with E-state index in [1.165, 1.54) is 0 Å². The Bertz CT molecular complexity index is 2710. The molecule has 7 aromatic rings. The number of hydrogen-bond acceptors (Lipinski definition) is 11. The first kappa shape index (κ1) is 37.8. The van der Waals surface area contributed by atoms with Crippen LogP contribution in [0.2, 0.25) is 0 Å². The standard InChI is InChI=1S/C27H23N5O2.C19H20N4O/c1-17-9-10-21-23(13-17)30-25(22-7-2-3-8-24(22)33)31-26(21)32-12-11-20(16-32)29-27(34)19-6-4-5-18(14-19)15-28;1-12-6-7-14-16(10-12)21-18(15-4-2-3-5-17(15)24)22-19(14)23-9-8-13(20)11-23/h2-10,13-14,20,33H,11-12,16H2,1H3,(H,29,34);2-7,10,13,24H,8-9,11,20H2,1H3/t20-;13-/m11/s1. The van der Waals surface area contributed by atoms with Gasteiger partial charge in [-0.3, -0.25) is 4.79 Å². The van der Waals surface area contributed by atoms with Crippen molar-refractivity contribution in [1.82, 2.24) is 25.3 Å². The summed E-state index contributed by atoms with van der Waals surface area (Å²) >= 11 is 0. The monoisotopic (exact) mass is 769 g/mol. The number of carbonyl (C=O) groups is 1. The van der Waals surface area contributed by atoms with E-state index in [1.807, 2.05) is 50.2 Å². The number of nitriles is 1. The van der Waals surface area contributed by atoms with Gasteiger partial charge in [-0.1, -0.05) is 42.5 Å². The van der Waals surface area contributed by atoms with E-state index in [9.17, 15) is 15.0 Å².